The minimum absolute atomic E-state index is 0.00688. The molecular weight excluding hydrogens is 308 g/mol. The van der Waals surface area contributed by atoms with E-state index in [0.717, 1.165) is 12.8 Å². The van der Waals surface area contributed by atoms with E-state index in [1.165, 1.54) is 19.6 Å². The monoisotopic (exact) mass is 334 g/mol. The summed E-state index contributed by atoms with van der Waals surface area (Å²) in [6.07, 6.45) is 3.19. The van der Waals surface area contributed by atoms with E-state index in [1.54, 1.807) is 12.1 Å². The van der Waals surface area contributed by atoms with Crippen molar-refractivity contribution in [2.45, 2.75) is 52.5 Å². The van der Waals surface area contributed by atoms with Crippen LogP contribution in [0.4, 0.5) is 11.4 Å². The summed E-state index contributed by atoms with van der Waals surface area (Å²) in [7, 11) is 1.30. The molecule has 0 bridgehead atoms. The van der Waals surface area contributed by atoms with E-state index in [9.17, 15) is 14.9 Å². The highest BCUT2D eigenvalue weighted by atomic mass is 16.6. The van der Waals surface area contributed by atoms with Gasteiger partial charge in [-0.15, -0.1) is 0 Å². The molecular formula is C18H26N2O4. The summed E-state index contributed by atoms with van der Waals surface area (Å²) < 4.78 is 4.62. The van der Waals surface area contributed by atoms with Crippen LogP contribution in [-0.4, -0.2) is 24.0 Å². The van der Waals surface area contributed by atoms with E-state index < -0.39 is 10.9 Å². The molecule has 1 fully saturated rings. The highest BCUT2D eigenvalue weighted by Gasteiger charge is 2.32. The molecule has 24 heavy (non-hydrogen) atoms. The molecule has 0 radical (unpaired) electrons. The molecule has 1 N–H and O–H groups in total. The molecule has 0 aliphatic heterocycles. The summed E-state index contributed by atoms with van der Waals surface area (Å²) in [4.78, 5) is 22.4. The van der Waals surface area contributed by atoms with Crippen LogP contribution in [0, 0.1) is 21.4 Å². The Bertz CT molecular complexity index is 627. The van der Waals surface area contributed by atoms with Crippen LogP contribution in [0.1, 0.15) is 45.6 Å². The van der Waals surface area contributed by atoms with Crippen molar-refractivity contribution in [3.8, 4) is 0 Å². The average molecular weight is 334 g/mol. The summed E-state index contributed by atoms with van der Waals surface area (Å²) in [6, 6.07) is 5.11. The number of anilines is 1. The number of nitro benzene ring substituents is 1. The number of methoxy groups -OCH3 is 1. The van der Waals surface area contributed by atoms with Crippen LogP contribution in [0.15, 0.2) is 18.2 Å². The second-order valence-corrected chi connectivity index (χ2v) is 7.62. The lowest BCUT2D eigenvalue weighted by Crippen LogP contribution is -2.35. The van der Waals surface area contributed by atoms with Crippen LogP contribution in [0.5, 0.6) is 0 Å². The van der Waals surface area contributed by atoms with Crippen LogP contribution in [0.2, 0.25) is 0 Å². The molecule has 0 saturated heterocycles. The van der Waals surface area contributed by atoms with Crippen LogP contribution >= 0.6 is 0 Å². The number of nitrogens with zero attached hydrogens (tertiary/aromatic N) is 1. The predicted molar refractivity (Wildman–Crippen MR) is 93.0 cm³/mol. The third-order valence-electron chi connectivity index (χ3n) is 4.58. The first kappa shape index (κ1) is 18.2. The lowest BCUT2D eigenvalue weighted by atomic mass is 9.70. The van der Waals surface area contributed by atoms with Gasteiger partial charge in [-0.2, -0.15) is 0 Å². The molecule has 0 amide bonds. The van der Waals surface area contributed by atoms with Crippen molar-refractivity contribution in [1.82, 2.24) is 0 Å². The first-order chi connectivity index (χ1) is 11.2. The second kappa shape index (κ2) is 7.20. The highest BCUT2D eigenvalue weighted by molar-refractivity contribution is 5.74. The standard InChI is InChI=1S/C18H26N2O4/c1-12-7-14(11-18(2,3)10-12)19-15-6-5-13(9-17(21)24-4)8-16(15)20(22)23/h5-6,8,12,14,19H,7,9-11H2,1-4H3/t12-,14+/m1/s1. The molecule has 1 aromatic carbocycles. The normalized spacial score (nSPS) is 22.7. The Morgan fingerprint density at radius 1 is 1.42 bits per heavy atom. The lowest BCUT2D eigenvalue weighted by molar-refractivity contribution is -0.384. The zero-order chi connectivity index (χ0) is 17.9. The highest BCUT2D eigenvalue weighted by Crippen LogP contribution is 2.40. The van der Waals surface area contributed by atoms with Gasteiger partial charge < -0.3 is 10.1 Å². The Labute approximate surface area is 142 Å². The van der Waals surface area contributed by atoms with Gasteiger partial charge in [0.05, 0.1) is 18.5 Å². The largest absolute Gasteiger partial charge is 0.469 e. The first-order valence-electron chi connectivity index (χ1n) is 8.31. The molecule has 0 heterocycles. The zero-order valence-electron chi connectivity index (χ0n) is 14.8. The molecule has 6 heteroatoms. The van der Waals surface area contributed by atoms with Gasteiger partial charge in [-0.25, -0.2) is 0 Å². The fraction of sp³-hybridized carbons (Fsp3) is 0.611. The summed E-state index contributed by atoms with van der Waals surface area (Å²) in [6.45, 7) is 6.71. The number of rotatable bonds is 5. The Morgan fingerprint density at radius 3 is 2.71 bits per heavy atom. The zero-order valence-corrected chi connectivity index (χ0v) is 14.8. The smallest absolute Gasteiger partial charge is 0.309 e. The number of hydrogen-bond acceptors (Lipinski definition) is 5. The molecule has 1 aromatic rings. The van der Waals surface area contributed by atoms with Crippen LogP contribution < -0.4 is 5.32 Å². The fourth-order valence-electron chi connectivity index (χ4n) is 3.88. The van der Waals surface area contributed by atoms with E-state index in [2.05, 4.69) is 30.8 Å². The van der Waals surface area contributed by atoms with E-state index in [-0.39, 0.29) is 23.6 Å². The number of carbonyl (C=O) groups is 1. The molecule has 2 atom stereocenters. The molecule has 6 nitrogen and oxygen atoms in total. The number of nitrogens with one attached hydrogen (secondary N) is 1. The maximum atomic E-state index is 11.4. The maximum absolute atomic E-state index is 11.4. The molecule has 132 valence electrons. The topological polar surface area (TPSA) is 81.5 Å². The number of ether oxygens (including phenoxy) is 1. The minimum atomic E-state index is -0.409. The van der Waals surface area contributed by atoms with Gasteiger partial charge in [0, 0.05) is 12.1 Å². The number of carbonyl (C=O) groups excluding carboxylic acids is 1. The predicted octanol–water partition coefficient (Wildman–Crippen LogP) is 3.94. The van der Waals surface area contributed by atoms with Crippen molar-refractivity contribution in [3.05, 3.63) is 33.9 Å². The van der Waals surface area contributed by atoms with Crippen LogP contribution in [0.25, 0.3) is 0 Å². The van der Waals surface area contributed by atoms with Crippen LogP contribution in [0.3, 0.4) is 0 Å². The van der Waals surface area contributed by atoms with Crippen molar-refractivity contribution in [2.24, 2.45) is 11.3 Å². The van der Waals surface area contributed by atoms with E-state index >= 15 is 0 Å². The van der Waals surface area contributed by atoms with E-state index in [1.807, 2.05) is 0 Å². The lowest BCUT2D eigenvalue weighted by Gasteiger charge is -2.39. The van der Waals surface area contributed by atoms with Crippen LogP contribution in [-0.2, 0) is 16.0 Å². The third-order valence-corrected chi connectivity index (χ3v) is 4.58. The van der Waals surface area contributed by atoms with Crippen molar-refractivity contribution in [3.63, 3.8) is 0 Å². The SMILES string of the molecule is COC(=O)Cc1ccc(N[C@H]2C[C@@H](C)CC(C)(C)C2)c([N+](=O)[O-])c1. The van der Waals surface area contributed by atoms with Crippen molar-refractivity contribution >= 4 is 17.3 Å². The maximum Gasteiger partial charge on any atom is 0.309 e. The van der Waals surface area contributed by atoms with Gasteiger partial charge in [-0.1, -0.05) is 26.8 Å². The Morgan fingerprint density at radius 2 is 2.12 bits per heavy atom. The molecule has 0 spiro atoms. The molecule has 1 saturated carbocycles. The van der Waals surface area contributed by atoms with Gasteiger partial charge in [-0.3, -0.25) is 14.9 Å². The van der Waals surface area contributed by atoms with Gasteiger partial charge in [-0.05, 0) is 42.2 Å². The van der Waals surface area contributed by atoms with Gasteiger partial charge in [0.1, 0.15) is 5.69 Å². The summed E-state index contributed by atoms with van der Waals surface area (Å²) in [5, 5.41) is 14.8. The second-order valence-electron chi connectivity index (χ2n) is 7.62. The number of benzene rings is 1. The van der Waals surface area contributed by atoms with Gasteiger partial charge in [0.25, 0.3) is 5.69 Å². The number of hydrogen-bond donors (Lipinski definition) is 1. The van der Waals surface area contributed by atoms with Crippen molar-refractivity contribution < 1.29 is 14.5 Å². The van der Waals surface area contributed by atoms with E-state index in [4.69, 9.17) is 0 Å². The Balaban J connectivity index is 2.20. The van der Waals surface area contributed by atoms with Crippen molar-refractivity contribution in [2.75, 3.05) is 12.4 Å². The summed E-state index contributed by atoms with van der Waals surface area (Å²) in [5.41, 5.74) is 1.34. The molecule has 0 aromatic heterocycles. The first-order valence-corrected chi connectivity index (χ1v) is 8.31. The fourth-order valence-corrected chi connectivity index (χ4v) is 3.88. The molecule has 0 unspecified atom stereocenters. The van der Waals surface area contributed by atoms with Gasteiger partial charge >= 0.3 is 5.97 Å². The Kier molecular flexibility index (Phi) is 5.47. The molecule has 2 rings (SSSR count). The molecule has 1 aliphatic rings. The van der Waals surface area contributed by atoms with E-state index in [0.29, 0.717) is 17.2 Å². The number of esters is 1. The van der Waals surface area contributed by atoms with Gasteiger partial charge in [0.2, 0.25) is 0 Å². The Hall–Kier alpha value is -2.11. The van der Waals surface area contributed by atoms with Crippen molar-refractivity contribution in [1.29, 1.82) is 0 Å². The minimum Gasteiger partial charge on any atom is -0.469 e. The quantitative estimate of drug-likeness (QED) is 0.501. The summed E-state index contributed by atoms with van der Waals surface area (Å²) >= 11 is 0. The number of nitro groups is 1. The third kappa shape index (κ3) is 4.69. The van der Waals surface area contributed by atoms with Gasteiger partial charge in [0.15, 0.2) is 0 Å². The summed E-state index contributed by atoms with van der Waals surface area (Å²) in [5.74, 6) is 0.178. The molecule has 1 aliphatic carbocycles. The average Bonchev–Trinajstić information content (AvgIpc) is 2.46.